The third-order valence-electron chi connectivity index (χ3n) is 8.76. The standard InChI is InChI=1S/C36H42ClN3O2/c37-31-19-15-28(16-20-31)18-22-35(41)38-25-32-23-24-40(36(42)34(39-32)21-17-27-9-7-8-10-27)26-33(29-11-3-1-4-12-29)30-13-5-2-6-14-30/h1-6,11-16,18-20,22,27,32-34,39H,7-10,17,21,23-26H2,(H,38,41)/t32-,34-/m0/s1. The number of nitrogens with one attached hydrogen (secondary N) is 2. The number of carbonyl (C=O) groups is 2. The number of rotatable bonds is 11. The second-order valence-electron chi connectivity index (χ2n) is 11.7. The number of benzene rings is 3. The molecule has 1 saturated heterocycles. The number of halogens is 1. The lowest BCUT2D eigenvalue weighted by Crippen LogP contribution is -2.49. The lowest BCUT2D eigenvalue weighted by atomic mass is 9.90. The van der Waals surface area contributed by atoms with Crippen LogP contribution in [0.15, 0.2) is 91.0 Å². The van der Waals surface area contributed by atoms with Gasteiger partial charge in [0.05, 0.1) is 6.04 Å². The average molecular weight is 584 g/mol. The van der Waals surface area contributed by atoms with Gasteiger partial charge in [0.15, 0.2) is 0 Å². The summed E-state index contributed by atoms with van der Waals surface area (Å²) in [5.41, 5.74) is 3.35. The van der Waals surface area contributed by atoms with Gasteiger partial charge in [-0.15, -0.1) is 0 Å². The van der Waals surface area contributed by atoms with E-state index in [1.165, 1.54) is 36.8 Å². The van der Waals surface area contributed by atoms with Gasteiger partial charge < -0.3 is 15.5 Å². The van der Waals surface area contributed by atoms with Gasteiger partial charge in [-0.25, -0.2) is 0 Å². The molecule has 6 heteroatoms. The molecule has 1 saturated carbocycles. The number of nitrogens with zero attached hydrogens (tertiary/aromatic N) is 1. The van der Waals surface area contributed by atoms with Crippen molar-refractivity contribution < 1.29 is 9.59 Å². The van der Waals surface area contributed by atoms with Gasteiger partial charge in [0.2, 0.25) is 11.8 Å². The molecule has 1 aliphatic heterocycles. The van der Waals surface area contributed by atoms with Gasteiger partial charge in [0.25, 0.3) is 0 Å². The van der Waals surface area contributed by atoms with Crippen LogP contribution in [-0.4, -0.2) is 48.4 Å². The largest absolute Gasteiger partial charge is 0.351 e. The molecule has 3 aromatic rings. The Kier molecular flexibility index (Phi) is 10.9. The fourth-order valence-electron chi connectivity index (χ4n) is 6.35. The molecule has 1 aliphatic carbocycles. The molecule has 2 N–H and O–H groups in total. The Morgan fingerprint density at radius 3 is 2.19 bits per heavy atom. The van der Waals surface area contributed by atoms with E-state index in [1.807, 2.05) is 36.4 Å². The van der Waals surface area contributed by atoms with Crippen LogP contribution in [0.3, 0.4) is 0 Å². The molecule has 5 nitrogen and oxygen atoms in total. The predicted molar refractivity (Wildman–Crippen MR) is 171 cm³/mol. The van der Waals surface area contributed by atoms with Crippen molar-refractivity contribution in [2.45, 2.75) is 62.9 Å². The summed E-state index contributed by atoms with van der Waals surface area (Å²) >= 11 is 5.97. The molecular formula is C36H42ClN3O2. The molecule has 220 valence electrons. The van der Waals surface area contributed by atoms with Crippen LogP contribution in [0.25, 0.3) is 6.08 Å². The maximum Gasteiger partial charge on any atom is 0.244 e. The number of hydrogen-bond donors (Lipinski definition) is 2. The predicted octanol–water partition coefficient (Wildman–Crippen LogP) is 6.83. The molecule has 3 aromatic carbocycles. The monoisotopic (exact) mass is 583 g/mol. The summed E-state index contributed by atoms with van der Waals surface area (Å²) in [6, 6.07) is 28.1. The first-order chi connectivity index (χ1) is 20.5. The molecule has 42 heavy (non-hydrogen) atoms. The first kappa shape index (κ1) is 30.1. The van der Waals surface area contributed by atoms with Crippen LogP contribution in [0.5, 0.6) is 0 Å². The Morgan fingerprint density at radius 2 is 1.55 bits per heavy atom. The minimum absolute atomic E-state index is 0.0207. The zero-order valence-corrected chi connectivity index (χ0v) is 25.0. The molecule has 5 rings (SSSR count). The van der Waals surface area contributed by atoms with E-state index in [0.717, 1.165) is 24.8 Å². The first-order valence-corrected chi connectivity index (χ1v) is 15.8. The fourth-order valence-corrected chi connectivity index (χ4v) is 6.48. The maximum absolute atomic E-state index is 14.1. The highest BCUT2D eigenvalue weighted by atomic mass is 35.5. The van der Waals surface area contributed by atoms with E-state index in [0.29, 0.717) is 30.6 Å². The average Bonchev–Trinajstić information content (AvgIpc) is 3.50. The Hall–Kier alpha value is -3.41. The zero-order chi connectivity index (χ0) is 29.1. The van der Waals surface area contributed by atoms with Crippen LogP contribution in [0, 0.1) is 5.92 Å². The van der Waals surface area contributed by atoms with Gasteiger partial charge in [-0.1, -0.05) is 110 Å². The molecule has 1 heterocycles. The molecule has 2 fully saturated rings. The van der Waals surface area contributed by atoms with E-state index in [-0.39, 0.29) is 29.8 Å². The van der Waals surface area contributed by atoms with Gasteiger partial charge in [-0.2, -0.15) is 0 Å². The second kappa shape index (κ2) is 15.2. The summed E-state index contributed by atoms with van der Waals surface area (Å²) in [6.07, 6.45) is 11.2. The molecular weight excluding hydrogens is 542 g/mol. The highest BCUT2D eigenvalue weighted by Gasteiger charge is 2.33. The third kappa shape index (κ3) is 8.56. The van der Waals surface area contributed by atoms with E-state index < -0.39 is 0 Å². The summed E-state index contributed by atoms with van der Waals surface area (Å²) in [4.78, 5) is 28.8. The minimum atomic E-state index is -0.244. The smallest absolute Gasteiger partial charge is 0.244 e. The van der Waals surface area contributed by atoms with Gasteiger partial charge in [0, 0.05) is 42.7 Å². The van der Waals surface area contributed by atoms with Crippen LogP contribution in [0.1, 0.15) is 67.6 Å². The van der Waals surface area contributed by atoms with Crippen molar-refractivity contribution in [1.29, 1.82) is 0 Å². The molecule has 0 unspecified atom stereocenters. The molecule has 0 aromatic heterocycles. The maximum atomic E-state index is 14.1. The minimum Gasteiger partial charge on any atom is -0.351 e. The molecule has 0 spiro atoms. The number of amides is 2. The Balaban J connectivity index is 1.27. The van der Waals surface area contributed by atoms with E-state index in [2.05, 4.69) is 64.1 Å². The van der Waals surface area contributed by atoms with Crippen molar-refractivity contribution in [3.63, 3.8) is 0 Å². The lowest BCUT2D eigenvalue weighted by molar-refractivity contribution is -0.133. The zero-order valence-electron chi connectivity index (χ0n) is 24.3. The van der Waals surface area contributed by atoms with Gasteiger partial charge in [-0.05, 0) is 60.1 Å². The summed E-state index contributed by atoms with van der Waals surface area (Å²) in [6.45, 7) is 1.77. The number of hydrogen-bond acceptors (Lipinski definition) is 3. The molecule has 2 amide bonds. The SMILES string of the molecule is O=C(C=Cc1ccc(Cl)cc1)NC[C@@H]1CCN(CC(c2ccccc2)c2ccccc2)C(=O)[C@H](CCC2CCCC2)N1. The highest BCUT2D eigenvalue weighted by molar-refractivity contribution is 6.30. The fraction of sp³-hybridized carbons (Fsp3) is 0.389. The van der Waals surface area contributed by atoms with E-state index in [1.54, 1.807) is 12.2 Å². The Bertz CT molecular complexity index is 1270. The molecule has 0 radical (unpaired) electrons. The number of carbonyl (C=O) groups excluding carboxylic acids is 2. The topological polar surface area (TPSA) is 61.4 Å². The van der Waals surface area contributed by atoms with E-state index in [9.17, 15) is 9.59 Å². The summed E-state index contributed by atoms with van der Waals surface area (Å²) in [7, 11) is 0. The van der Waals surface area contributed by atoms with Gasteiger partial charge in [0.1, 0.15) is 0 Å². The van der Waals surface area contributed by atoms with Crippen molar-refractivity contribution in [2.24, 2.45) is 5.92 Å². The summed E-state index contributed by atoms with van der Waals surface area (Å²) < 4.78 is 0. The van der Waals surface area contributed by atoms with Gasteiger partial charge in [-0.3, -0.25) is 9.59 Å². The molecule has 2 aliphatic rings. The van der Waals surface area contributed by atoms with Gasteiger partial charge >= 0.3 is 0 Å². The van der Waals surface area contributed by atoms with E-state index in [4.69, 9.17) is 11.6 Å². The first-order valence-electron chi connectivity index (χ1n) is 15.4. The van der Waals surface area contributed by atoms with Crippen molar-refractivity contribution in [3.8, 4) is 0 Å². The van der Waals surface area contributed by atoms with Crippen molar-refractivity contribution in [2.75, 3.05) is 19.6 Å². The van der Waals surface area contributed by atoms with Crippen LogP contribution < -0.4 is 10.6 Å². The Labute approximate surface area is 255 Å². The van der Waals surface area contributed by atoms with Crippen LogP contribution in [0.4, 0.5) is 0 Å². The summed E-state index contributed by atoms with van der Waals surface area (Å²) in [5.74, 6) is 0.853. The summed E-state index contributed by atoms with van der Waals surface area (Å²) in [5, 5.41) is 7.39. The van der Waals surface area contributed by atoms with Crippen LogP contribution in [0.2, 0.25) is 5.02 Å². The van der Waals surface area contributed by atoms with E-state index >= 15 is 0 Å². The molecule has 0 bridgehead atoms. The van der Waals surface area contributed by atoms with Crippen molar-refractivity contribution in [1.82, 2.24) is 15.5 Å². The lowest BCUT2D eigenvalue weighted by Gasteiger charge is -2.29. The quantitative estimate of drug-likeness (QED) is 0.243. The Morgan fingerprint density at radius 1 is 0.905 bits per heavy atom. The third-order valence-corrected chi connectivity index (χ3v) is 9.01. The second-order valence-corrected chi connectivity index (χ2v) is 12.2. The highest BCUT2D eigenvalue weighted by Crippen LogP contribution is 2.30. The van der Waals surface area contributed by atoms with Crippen molar-refractivity contribution >= 4 is 29.5 Å². The van der Waals surface area contributed by atoms with Crippen molar-refractivity contribution in [3.05, 3.63) is 113 Å². The van der Waals surface area contributed by atoms with Crippen LogP contribution in [-0.2, 0) is 9.59 Å². The van der Waals surface area contributed by atoms with Crippen LogP contribution >= 0.6 is 11.6 Å². The normalized spacial score (nSPS) is 19.9. The molecule has 2 atom stereocenters.